The molecule has 1 aliphatic heterocycles. The Labute approximate surface area is 187 Å². The second-order valence-electron chi connectivity index (χ2n) is 8.10. The molecule has 1 fully saturated rings. The molecular weight excluding hydrogens is 405 g/mol. The van der Waals surface area contributed by atoms with Crippen LogP contribution >= 0.6 is 0 Å². The zero-order valence-electron chi connectivity index (χ0n) is 18.1. The van der Waals surface area contributed by atoms with Gasteiger partial charge in [0.05, 0.1) is 6.42 Å². The Morgan fingerprint density at radius 3 is 2.44 bits per heavy atom. The normalized spacial score (nSPS) is 13.9. The second-order valence-corrected chi connectivity index (χ2v) is 8.10. The Hall–Kier alpha value is -3.67. The predicted octanol–water partition coefficient (Wildman–Crippen LogP) is 5.15. The number of carbonyl (C=O) groups excluding carboxylic acids is 2. The molecule has 1 aliphatic rings. The van der Waals surface area contributed by atoms with Gasteiger partial charge in [0.15, 0.2) is 0 Å². The lowest BCUT2D eigenvalue weighted by Gasteiger charge is -2.36. The van der Waals surface area contributed by atoms with Crippen molar-refractivity contribution >= 4 is 23.3 Å². The van der Waals surface area contributed by atoms with E-state index >= 15 is 0 Å². The quantitative estimate of drug-likeness (QED) is 0.587. The minimum Gasteiger partial charge on any atom is -0.326 e. The lowest BCUT2D eigenvalue weighted by molar-refractivity contribution is -0.115. The fraction of sp³-hybridized carbons (Fsp3) is 0.231. The molecule has 1 heterocycles. The van der Waals surface area contributed by atoms with Crippen molar-refractivity contribution in [3.63, 3.8) is 0 Å². The number of nitrogens with zero attached hydrogens (tertiary/aromatic N) is 2. The molecule has 5 nitrogen and oxygen atoms in total. The van der Waals surface area contributed by atoms with Gasteiger partial charge in [0.2, 0.25) is 5.91 Å². The van der Waals surface area contributed by atoms with Crippen molar-refractivity contribution in [2.45, 2.75) is 26.3 Å². The minimum atomic E-state index is -0.329. The van der Waals surface area contributed by atoms with Gasteiger partial charge in [0, 0.05) is 31.0 Å². The summed E-state index contributed by atoms with van der Waals surface area (Å²) < 4.78 is 13.1. The van der Waals surface area contributed by atoms with Gasteiger partial charge in [-0.1, -0.05) is 48.0 Å². The van der Waals surface area contributed by atoms with Crippen molar-refractivity contribution in [3.05, 3.63) is 95.3 Å². The highest BCUT2D eigenvalue weighted by atomic mass is 19.1. The van der Waals surface area contributed by atoms with Gasteiger partial charge in [-0.05, 0) is 54.8 Å². The fourth-order valence-corrected chi connectivity index (χ4v) is 3.83. The van der Waals surface area contributed by atoms with Crippen LogP contribution in [0.25, 0.3) is 0 Å². The molecule has 0 radical (unpaired) electrons. The van der Waals surface area contributed by atoms with Gasteiger partial charge < -0.3 is 10.2 Å². The van der Waals surface area contributed by atoms with Gasteiger partial charge in [-0.3, -0.25) is 9.69 Å². The fourth-order valence-electron chi connectivity index (χ4n) is 3.83. The van der Waals surface area contributed by atoms with Crippen molar-refractivity contribution in [2.24, 2.45) is 0 Å². The van der Waals surface area contributed by atoms with Crippen LogP contribution < -0.4 is 10.2 Å². The lowest BCUT2D eigenvalue weighted by Crippen LogP contribution is -2.49. The standard InChI is InChI=1S/C26H26FN3O2/c1-19-6-8-21(9-7-19)18-29-14-3-15-30(26(29)32)24-5-2-4-23(17-24)28-25(31)16-20-10-12-22(27)13-11-20/h2,4-13,17H,3,14-16,18H2,1H3,(H,28,31). The first kappa shape index (κ1) is 21.6. The molecule has 0 atom stereocenters. The number of hydrogen-bond acceptors (Lipinski definition) is 2. The van der Waals surface area contributed by atoms with Crippen molar-refractivity contribution < 1.29 is 14.0 Å². The smallest absolute Gasteiger partial charge is 0.324 e. The van der Waals surface area contributed by atoms with E-state index < -0.39 is 0 Å². The van der Waals surface area contributed by atoms with Crippen LogP contribution in [-0.2, 0) is 17.8 Å². The van der Waals surface area contributed by atoms with E-state index in [9.17, 15) is 14.0 Å². The van der Waals surface area contributed by atoms with Gasteiger partial charge in [-0.2, -0.15) is 0 Å². The van der Waals surface area contributed by atoms with E-state index in [2.05, 4.69) is 29.6 Å². The maximum absolute atomic E-state index is 13.1. The highest BCUT2D eigenvalue weighted by Crippen LogP contribution is 2.24. The van der Waals surface area contributed by atoms with E-state index in [4.69, 9.17) is 0 Å². The third-order valence-electron chi connectivity index (χ3n) is 5.52. The van der Waals surface area contributed by atoms with E-state index in [0.717, 1.165) is 29.8 Å². The molecule has 1 saturated heterocycles. The maximum Gasteiger partial charge on any atom is 0.324 e. The summed E-state index contributed by atoms with van der Waals surface area (Å²) in [4.78, 5) is 29.1. The van der Waals surface area contributed by atoms with Crippen LogP contribution in [0.4, 0.5) is 20.6 Å². The molecule has 0 bridgehead atoms. The molecule has 3 amide bonds. The van der Waals surface area contributed by atoms with E-state index in [1.165, 1.54) is 17.7 Å². The summed E-state index contributed by atoms with van der Waals surface area (Å²) >= 11 is 0. The van der Waals surface area contributed by atoms with Crippen molar-refractivity contribution in [1.82, 2.24) is 4.90 Å². The van der Waals surface area contributed by atoms with Crippen molar-refractivity contribution in [1.29, 1.82) is 0 Å². The molecule has 32 heavy (non-hydrogen) atoms. The van der Waals surface area contributed by atoms with Crippen LogP contribution in [0.5, 0.6) is 0 Å². The number of urea groups is 1. The Morgan fingerprint density at radius 1 is 0.969 bits per heavy atom. The number of benzene rings is 3. The molecule has 3 aromatic rings. The van der Waals surface area contributed by atoms with Crippen LogP contribution in [-0.4, -0.2) is 29.9 Å². The van der Waals surface area contributed by atoms with Crippen LogP contribution in [0.2, 0.25) is 0 Å². The summed E-state index contributed by atoms with van der Waals surface area (Å²) in [6.45, 7) is 3.97. The molecule has 0 spiro atoms. The highest BCUT2D eigenvalue weighted by molar-refractivity contribution is 5.95. The summed E-state index contributed by atoms with van der Waals surface area (Å²) in [5, 5.41) is 2.87. The Balaban J connectivity index is 1.42. The van der Waals surface area contributed by atoms with Crippen LogP contribution in [0.3, 0.4) is 0 Å². The average molecular weight is 432 g/mol. The summed E-state index contributed by atoms with van der Waals surface area (Å²) in [7, 11) is 0. The second kappa shape index (κ2) is 9.64. The third kappa shape index (κ3) is 5.32. The molecule has 0 unspecified atom stereocenters. The number of carbonyl (C=O) groups is 2. The zero-order chi connectivity index (χ0) is 22.5. The minimum absolute atomic E-state index is 0.0355. The number of nitrogens with one attached hydrogen (secondary N) is 1. The van der Waals surface area contributed by atoms with Gasteiger partial charge in [-0.15, -0.1) is 0 Å². The molecule has 0 saturated carbocycles. The van der Waals surface area contributed by atoms with Crippen molar-refractivity contribution in [3.8, 4) is 0 Å². The molecule has 6 heteroatoms. The largest absolute Gasteiger partial charge is 0.326 e. The lowest BCUT2D eigenvalue weighted by atomic mass is 10.1. The molecule has 164 valence electrons. The molecule has 1 N–H and O–H groups in total. The summed E-state index contributed by atoms with van der Waals surface area (Å²) in [5.41, 5.74) is 4.41. The molecule has 3 aromatic carbocycles. The molecule has 0 aromatic heterocycles. The number of halogens is 1. The number of anilines is 2. The summed E-state index contributed by atoms with van der Waals surface area (Å²) in [6.07, 6.45) is 1.02. The molecule has 0 aliphatic carbocycles. The van der Waals surface area contributed by atoms with E-state index in [1.54, 1.807) is 23.1 Å². The van der Waals surface area contributed by atoms with Crippen LogP contribution in [0.1, 0.15) is 23.1 Å². The summed E-state index contributed by atoms with van der Waals surface area (Å²) in [5.74, 6) is -0.524. The SMILES string of the molecule is Cc1ccc(CN2CCCN(c3cccc(NC(=O)Cc4ccc(F)cc4)c3)C2=O)cc1. The first-order valence-corrected chi connectivity index (χ1v) is 10.7. The molecular formula is C26H26FN3O2. The number of rotatable bonds is 6. The number of aryl methyl sites for hydroxylation is 1. The Kier molecular flexibility index (Phi) is 6.50. The van der Waals surface area contributed by atoms with Gasteiger partial charge in [0.25, 0.3) is 0 Å². The van der Waals surface area contributed by atoms with E-state index in [-0.39, 0.29) is 24.2 Å². The monoisotopic (exact) mass is 431 g/mol. The Bertz CT molecular complexity index is 1100. The van der Waals surface area contributed by atoms with E-state index in [0.29, 0.717) is 18.8 Å². The van der Waals surface area contributed by atoms with Crippen LogP contribution in [0, 0.1) is 12.7 Å². The zero-order valence-corrected chi connectivity index (χ0v) is 18.1. The first-order chi connectivity index (χ1) is 15.5. The highest BCUT2D eigenvalue weighted by Gasteiger charge is 2.27. The third-order valence-corrected chi connectivity index (χ3v) is 5.52. The topological polar surface area (TPSA) is 52.6 Å². The Morgan fingerprint density at radius 2 is 1.69 bits per heavy atom. The predicted molar refractivity (Wildman–Crippen MR) is 124 cm³/mol. The van der Waals surface area contributed by atoms with Gasteiger partial charge in [0.1, 0.15) is 5.82 Å². The summed E-state index contributed by atoms with van der Waals surface area (Å²) in [6, 6.07) is 21.4. The maximum atomic E-state index is 13.1. The van der Waals surface area contributed by atoms with Crippen molar-refractivity contribution in [2.75, 3.05) is 23.3 Å². The molecule has 4 rings (SSSR count). The number of hydrogen-bond donors (Lipinski definition) is 1. The first-order valence-electron chi connectivity index (χ1n) is 10.7. The van der Waals surface area contributed by atoms with Gasteiger partial charge in [-0.25, -0.2) is 9.18 Å². The van der Waals surface area contributed by atoms with Crippen LogP contribution in [0.15, 0.2) is 72.8 Å². The number of amides is 3. The van der Waals surface area contributed by atoms with E-state index in [1.807, 2.05) is 30.0 Å². The average Bonchev–Trinajstić information content (AvgIpc) is 2.78. The van der Waals surface area contributed by atoms with Gasteiger partial charge >= 0.3 is 6.03 Å².